The number of anilines is 1. The second-order valence-corrected chi connectivity index (χ2v) is 5.00. The number of nitrogen functional groups attached to an aromatic ring is 1. The summed E-state index contributed by atoms with van der Waals surface area (Å²) in [6.45, 7) is -0.00425. The lowest BCUT2D eigenvalue weighted by atomic mass is 10.1. The summed E-state index contributed by atoms with van der Waals surface area (Å²) in [5.41, 5.74) is 6.89. The van der Waals surface area contributed by atoms with Gasteiger partial charge in [0.25, 0.3) is 0 Å². The zero-order chi connectivity index (χ0) is 15.4. The molecule has 2 rings (SSSR count). The molecule has 110 valence electrons. The normalized spacial score (nSPS) is 10.2. The van der Waals surface area contributed by atoms with E-state index in [2.05, 4.69) is 0 Å². The number of carbonyl (C=O) groups is 1. The smallest absolute Gasteiger partial charge is 0.344 e. The van der Waals surface area contributed by atoms with Crippen molar-refractivity contribution in [3.8, 4) is 5.75 Å². The van der Waals surface area contributed by atoms with Gasteiger partial charge in [0.05, 0.1) is 17.2 Å². The first-order chi connectivity index (χ1) is 10.0. The van der Waals surface area contributed by atoms with Crippen LogP contribution in [0, 0.1) is 0 Å². The van der Waals surface area contributed by atoms with Crippen LogP contribution in [0.3, 0.4) is 0 Å². The molecule has 6 heteroatoms. The average molecular weight is 326 g/mol. The molecule has 2 aromatic rings. The van der Waals surface area contributed by atoms with Crippen molar-refractivity contribution in [1.29, 1.82) is 0 Å². The Labute approximate surface area is 132 Å². The third kappa shape index (κ3) is 3.40. The van der Waals surface area contributed by atoms with Gasteiger partial charge in [-0.25, -0.2) is 4.79 Å². The van der Waals surface area contributed by atoms with Crippen LogP contribution in [0.4, 0.5) is 5.69 Å². The molecule has 0 radical (unpaired) electrons. The Bertz CT molecular complexity index is 674. The second kappa shape index (κ2) is 6.70. The lowest BCUT2D eigenvalue weighted by Crippen LogP contribution is -2.10. The second-order valence-electron chi connectivity index (χ2n) is 4.21. The van der Waals surface area contributed by atoms with Crippen molar-refractivity contribution < 1.29 is 14.3 Å². The molecular weight excluding hydrogens is 313 g/mol. The zero-order valence-corrected chi connectivity index (χ0v) is 12.7. The summed E-state index contributed by atoms with van der Waals surface area (Å²) < 4.78 is 10.3. The van der Waals surface area contributed by atoms with Crippen LogP contribution in [0.1, 0.15) is 15.9 Å². The molecule has 0 bridgehead atoms. The van der Waals surface area contributed by atoms with Crippen LogP contribution < -0.4 is 10.5 Å². The predicted octanol–water partition coefficient (Wildman–Crippen LogP) is 3.94. The number of hydrogen-bond donors (Lipinski definition) is 1. The molecule has 0 saturated carbocycles. The Hall–Kier alpha value is -1.91. The fourth-order valence-corrected chi connectivity index (χ4v) is 2.19. The molecular formula is C15H13Cl2NO3. The van der Waals surface area contributed by atoms with Gasteiger partial charge in [-0.2, -0.15) is 0 Å². The van der Waals surface area contributed by atoms with Crippen molar-refractivity contribution in [2.45, 2.75) is 6.61 Å². The van der Waals surface area contributed by atoms with Crippen molar-refractivity contribution in [3.63, 3.8) is 0 Å². The van der Waals surface area contributed by atoms with Gasteiger partial charge in [-0.1, -0.05) is 41.4 Å². The lowest BCUT2D eigenvalue weighted by molar-refractivity contribution is 0.0470. The monoisotopic (exact) mass is 325 g/mol. The van der Waals surface area contributed by atoms with Crippen LogP contribution in [0.5, 0.6) is 5.75 Å². The summed E-state index contributed by atoms with van der Waals surface area (Å²) in [4.78, 5) is 12.2. The highest BCUT2D eigenvalue weighted by atomic mass is 35.5. The van der Waals surface area contributed by atoms with Gasteiger partial charge in [-0.3, -0.25) is 0 Å². The molecule has 21 heavy (non-hydrogen) atoms. The van der Waals surface area contributed by atoms with E-state index in [0.29, 0.717) is 21.4 Å². The highest BCUT2D eigenvalue weighted by molar-refractivity contribution is 6.42. The molecule has 0 fully saturated rings. The van der Waals surface area contributed by atoms with Crippen LogP contribution in [-0.2, 0) is 11.3 Å². The van der Waals surface area contributed by atoms with Gasteiger partial charge in [0.1, 0.15) is 17.9 Å². The molecule has 0 spiro atoms. The Balaban J connectivity index is 2.18. The lowest BCUT2D eigenvalue weighted by Gasteiger charge is -2.11. The molecule has 0 aromatic heterocycles. The van der Waals surface area contributed by atoms with E-state index in [4.69, 9.17) is 38.4 Å². The topological polar surface area (TPSA) is 61.5 Å². The molecule has 0 aliphatic heterocycles. The first-order valence-corrected chi connectivity index (χ1v) is 6.82. The summed E-state index contributed by atoms with van der Waals surface area (Å²) >= 11 is 11.9. The quantitative estimate of drug-likeness (QED) is 0.683. The Kier molecular flexibility index (Phi) is 4.94. The molecule has 0 atom stereocenters. The Morgan fingerprint density at radius 2 is 1.90 bits per heavy atom. The van der Waals surface area contributed by atoms with Gasteiger partial charge in [-0.15, -0.1) is 0 Å². The molecule has 0 saturated heterocycles. The minimum atomic E-state index is -0.582. The number of esters is 1. The van der Waals surface area contributed by atoms with Crippen molar-refractivity contribution in [2.75, 3.05) is 12.8 Å². The third-order valence-electron chi connectivity index (χ3n) is 2.87. The third-order valence-corrected chi connectivity index (χ3v) is 3.73. The molecule has 2 aromatic carbocycles. The predicted molar refractivity (Wildman–Crippen MR) is 83.0 cm³/mol. The Morgan fingerprint density at radius 3 is 2.62 bits per heavy atom. The molecule has 0 amide bonds. The average Bonchev–Trinajstić information content (AvgIpc) is 2.48. The van der Waals surface area contributed by atoms with E-state index >= 15 is 0 Å². The summed E-state index contributed by atoms with van der Waals surface area (Å²) in [6, 6.07) is 10.1. The first kappa shape index (κ1) is 15.5. The van der Waals surface area contributed by atoms with Crippen LogP contribution in [0.25, 0.3) is 0 Å². The number of hydrogen-bond acceptors (Lipinski definition) is 4. The zero-order valence-electron chi connectivity index (χ0n) is 11.2. The van der Waals surface area contributed by atoms with E-state index in [0.717, 1.165) is 0 Å². The fourth-order valence-electron chi connectivity index (χ4n) is 1.81. The maximum absolute atomic E-state index is 12.2. The molecule has 2 N–H and O–H groups in total. The van der Waals surface area contributed by atoms with E-state index in [1.54, 1.807) is 36.4 Å². The van der Waals surface area contributed by atoms with Crippen molar-refractivity contribution in [2.24, 2.45) is 0 Å². The number of methoxy groups -OCH3 is 1. The van der Waals surface area contributed by atoms with Crippen LogP contribution >= 0.6 is 23.2 Å². The Morgan fingerprint density at radius 1 is 1.19 bits per heavy atom. The fraction of sp³-hybridized carbons (Fsp3) is 0.133. The van der Waals surface area contributed by atoms with E-state index < -0.39 is 5.97 Å². The van der Waals surface area contributed by atoms with E-state index in [-0.39, 0.29) is 17.9 Å². The number of ether oxygens (including phenoxy) is 2. The van der Waals surface area contributed by atoms with Crippen molar-refractivity contribution in [1.82, 2.24) is 0 Å². The molecule has 4 nitrogen and oxygen atoms in total. The van der Waals surface area contributed by atoms with Crippen LogP contribution in [0.15, 0.2) is 36.4 Å². The highest BCUT2D eigenvalue weighted by Gasteiger charge is 2.18. The van der Waals surface area contributed by atoms with Crippen LogP contribution in [0.2, 0.25) is 10.0 Å². The maximum atomic E-state index is 12.2. The first-order valence-electron chi connectivity index (χ1n) is 6.07. The van der Waals surface area contributed by atoms with Crippen molar-refractivity contribution in [3.05, 3.63) is 57.6 Å². The summed E-state index contributed by atoms with van der Waals surface area (Å²) in [6.07, 6.45) is 0. The maximum Gasteiger partial charge on any atom is 0.344 e. The van der Waals surface area contributed by atoms with Crippen LogP contribution in [-0.4, -0.2) is 13.1 Å². The molecule has 0 aliphatic carbocycles. The number of rotatable bonds is 4. The summed E-state index contributed by atoms with van der Waals surface area (Å²) in [7, 11) is 1.46. The van der Waals surface area contributed by atoms with Gasteiger partial charge in [0, 0.05) is 11.3 Å². The van der Waals surface area contributed by atoms with Gasteiger partial charge < -0.3 is 15.2 Å². The van der Waals surface area contributed by atoms with E-state index in [9.17, 15) is 4.79 Å². The molecule has 0 aliphatic rings. The largest absolute Gasteiger partial charge is 0.496 e. The minimum Gasteiger partial charge on any atom is -0.496 e. The van der Waals surface area contributed by atoms with Crippen molar-refractivity contribution >= 4 is 34.9 Å². The number of benzene rings is 2. The SMILES string of the molecule is COc1cccc(N)c1C(=O)OCc1cccc(Cl)c1Cl. The molecule has 0 heterocycles. The van der Waals surface area contributed by atoms with Gasteiger partial charge in [0.2, 0.25) is 0 Å². The number of carbonyl (C=O) groups excluding carboxylic acids is 1. The molecule has 0 unspecified atom stereocenters. The van der Waals surface area contributed by atoms with E-state index in [1.807, 2.05) is 0 Å². The highest BCUT2D eigenvalue weighted by Crippen LogP contribution is 2.28. The summed E-state index contributed by atoms with van der Waals surface area (Å²) in [5, 5.41) is 0.766. The summed E-state index contributed by atoms with van der Waals surface area (Å²) in [5.74, 6) is -0.224. The minimum absolute atomic E-state index is 0.00425. The number of nitrogens with two attached hydrogens (primary N) is 1. The van der Waals surface area contributed by atoms with Gasteiger partial charge in [0.15, 0.2) is 0 Å². The van der Waals surface area contributed by atoms with Gasteiger partial charge >= 0.3 is 5.97 Å². The van der Waals surface area contributed by atoms with Gasteiger partial charge in [-0.05, 0) is 18.2 Å². The standard InChI is InChI=1S/C15H13Cl2NO3/c1-20-12-7-3-6-11(18)13(12)15(19)21-8-9-4-2-5-10(16)14(9)17/h2-7H,8,18H2,1H3. The number of halogens is 2. The van der Waals surface area contributed by atoms with E-state index in [1.165, 1.54) is 7.11 Å².